The maximum absolute atomic E-state index is 13.2. The van der Waals surface area contributed by atoms with E-state index in [1.54, 1.807) is 33.5 Å². The highest BCUT2D eigenvalue weighted by Gasteiger charge is 2.20. The van der Waals surface area contributed by atoms with Crippen LogP contribution in [0, 0.1) is 13.8 Å². The van der Waals surface area contributed by atoms with E-state index in [0.717, 1.165) is 32.9 Å². The van der Waals surface area contributed by atoms with Gasteiger partial charge in [0.1, 0.15) is 16.4 Å². The number of fused-ring (bicyclic) bond motifs is 1. The van der Waals surface area contributed by atoms with Crippen molar-refractivity contribution in [1.82, 2.24) is 9.97 Å². The van der Waals surface area contributed by atoms with Crippen molar-refractivity contribution >= 4 is 21.6 Å². The van der Waals surface area contributed by atoms with Crippen LogP contribution in [0.25, 0.3) is 32.7 Å². The topological polar surface area (TPSA) is 73.4 Å². The Morgan fingerprint density at radius 3 is 2.30 bits per heavy atom. The molecule has 0 fully saturated rings. The molecule has 0 unspecified atom stereocenters. The Labute approximate surface area is 178 Å². The molecule has 4 aromatic rings. The first-order valence-electron chi connectivity index (χ1n) is 9.37. The molecule has 30 heavy (non-hydrogen) atoms. The summed E-state index contributed by atoms with van der Waals surface area (Å²) in [6, 6.07) is 11.4. The van der Waals surface area contributed by atoms with E-state index in [1.165, 1.54) is 11.3 Å². The fraction of sp³-hybridized carbons (Fsp3) is 0.217. The predicted octanol–water partition coefficient (Wildman–Crippen LogP) is 4.96. The van der Waals surface area contributed by atoms with Crippen molar-refractivity contribution in [2.45, 2.75) is 13.8 Å². The summed E-state index contributed by atoms with van der Waals surface area (Å²) in [5.74, 6) is 2.40. The Kier molecular flexibility index (Phi) is 5.22. The number of H-pyrrole nitrogens is 1. The van der Waals surface area contributed by atoms with Crippen molar-refractivity contribution in [3.63, 3.8) is 0 Å². The predicted molar refractivity (Wildman–Crippen MR) is 120 cm³/mol. The third kappa shape index (κ3) is 3.31. The number of aromatic amines is 1. The summed E-state index contributed by atoms with van der Waals surface area (Å²) in [5.41, 5.74) is 3.41. The molecule has 154 valence electrons. The summed E-state index contributed by atoms with van der Waals surface area (Å²) in [5, 5.41) is 0.575. The van der Waals surface area contributed by atoms with Crippen LogP contribution in [-0.2, 0) is 0 Å². The zero-order valence-corrected chi connectivity index (χ0v) is 18.3. The number of aryl methyl sites for hydroxylation is 2. The maximum Gasteiger partial charge on any atom is 0.260 e. The Morgan fingerprint density at radius 1 is 0.900 bits per heavy atom. The van der Waals surface area contributed by atoms with Crippen LogP contribution in [0.2, 0.25) is 0 Å². The number of rotatable bonds is 5. The van der Waals surface area contributed by atoms with E-state index in [9.17, 15) is 4.79 Å². The second kappa shape index (κ2) is 7.84. The molecule has 4 rings (SSSR count). The first-order valence-corrected chi connectivity index (χ1v) is 10.2. The minimum absolute atomic E-state index is 0.187. The molecule has 0 bridgehead atoms. The number of methoxy groups -OCH3 is 3. The summed E-state index contributed by atoms with van der Waals surface area (Å²) >= 11 is 1.50. The van der Waals surface area contributed by atoms with E-state index in [1.807, 2.05) is 38.1 Å². The Balaban J connectivity index is 1.93. The SMILES string of the molecule is COc1ccc(-c2nc3sc(C)c(-c4cc(C)ccc4OC)c3c(=O)[nH]2)cc1OC. The van der Waals surface area contributed by atoms with Crippen LogP contribution in [0.1, 0.15) is 10.4 Å². The molecule has 1 N–H and O–H groups in total. The lowest BCUT2D eigenvalue weighted by Gasteiger charge is -2.10. The van der Waals surface area contributed by atoms with Crippen molar-refractivity contribution in [2.24, 2.45) is 0 Å². The maximum atomic E-state index is 13.2. The van der Waals surface area contributed by atoms with Crippen LogP contribution < -0.4 is 19.8 Å². The fourth-order valence-electron chi connectivity index (χ4n) is 3.58. The molecule has 0 saturated carbocycles. The van der Waals surface area contributed by atoms with Crippen LogP contribution in [0.4, 0.5) is 0 Å². The molecule has 2 aromatic heterocycles. The number of hydrogen-bond donors (Lipinski definition) is 1. The van der Waals surface area contributed by atoms with Gasteiger partial charge in [-0.25, -0.2) is 4.98 Å². The van der Waals surface area contributed by atoms with Gasteiger partial charge in [0.15, 0.2) is 11.5 Å². The monoisotopic (exact) mass is 422 g/mol. The molecule has 0 amide bonds. The molecule has 2 heterocycles. The van der Waals surface area contributed by atoms with Gasteiger partial charge in [-0.3, -0.25) is 4.79 Å². The molecule has 0 saturated heterocycles. The standard InChI is InChI=1S/C23H22N2O4S/c1-12-6-8-16(27-3)15(10-12)19-13(2)30-23-20(19)22(26)24-21(25-23)14-7-9-17(28-4)18(11-14)29-5/h6-11H,1-5H3,(H,24,25,26). The number of hydrogen-bond acceptors (Lipinski definition) is 6. The first kappa shape index (κ1) is 20.0. The van der Waals surface area contributed by atoms with Gasteiger partial charge < -0.3 is 19.2 Å². The number of thiophene rings is 1. The number of aromatic nitrogens is 2. The quantitative estimate of drug-likeness (QED) is 0.492. The highest BCUT2D eigenvalue weighted by molar-refractivity contribution is 7.19. The third-order valence-corrected chi connectivity index (χ3v) is 6.02. The minimum atomic E-state index is -0.187. The second-order valence-corrected chi connectivity index (χ2v) is 8.10. The fourth-order valence-corrected chi connectivity index (χ4v) is 4.62. The Hall–Kier alpha value is -3.32. The van der Waals surface area contributed by atoms with E-state index in [2.05, 4.69) is 4.98 Å². The van der Waals surface area contributed by atoms with Gasteiger partial charge in [-0.15, -0.1) is 11.3 Å². The Morgan fingerprint density at radius 2 is 1.60 bits per heavy atom. The van der Waals surface area contributed by atoms with Crippen molar-refractivity contribution < 1.29 is 14.2 Å². The van der Waals surface area contributed by atoms with E-state index >= 15 is 0 Å². The average molecular weight is 423 g/mol. The summed E-state index contributed by atoms with van der Waals surface area (Å²) < 4.78 is 16.2. The van der Waals surface area contributed by atoms with E-state index in [0.29, 0.717) is 27.5 Å². The highest BCUT2D eigenvalue weighted by atomic mass is 32.1. The second-order valence-electron chi connectivity index (χ2n) is 6.90. The minimum Gasteiger partial charge on any atom is -0.496 e. The van der Waals surface area contributed by atoms with Crippen molar-refractivity contribution in [1.29, 1.82) is 0 Å². The van der Waals surface area contributed by atoms with Gasteiger partial charge in [0.2, 0.25) is 0 Å². The summed E-state index contributed by atoms with van der Waals surface area (Å²) in [6.45, 7) is 4.02. The van der Waals surface area contributed by atoms with Gasteiger partial charge in [0.05, 0.1) is 26.7 Å². The van der Waals surface area contributed by atoms with Crippen LogP contribution in [0.5, 0.6) is 17.2 Å². The molecule has 0 aliphatic heterocycles. The van der Waals surface area contributed by atoms with Crippen molar-refractivity contribution in [2.75, 3.05) is 21.3 Å². The van der Waals surface area contributed by atoms with Crippen molar-refractivity contribution in [3.05, 3.63) is 57.2 Å². The van der Waals surface area contributed by atoms with Gasteiger partial charge in [-0.1, -0.05) is 11.6 Å². The third-order valence-electron chi connectivity index (χ3n) is 5.02. The normalized spacial score (nSPS) is 11.0. The molecule has 0 spiro atoms. The number of nitrogens with zero attached hydrogens (tertiary/aromatic N) is 1. The summed E-state index contributed by atoms with van der Waals surface area (Å²) in [7, 11) is 4.79. The number of benzene rings is 2. The first-order chi connectivity index (χ1) is 14.5. The van der Waals surface area contributed by atoms with Gasteiger partial charge in [-0.2, -0.15) is 0 Å². The molecular weight excluding hydrogens is 400 g/mol. The highest BCUT2D eigenvalue weighted by Crippen LogP contribution is 2.41. The largest absolute Gasteiger partial charge is 0.496 e. The lowest BCUT2D eigenvalue weighted by atomic mass is 10.0. The number of ether oxygens (including phenoxy) is 3. The molecule has 0 aliphatic rings. The van der Waals surface area contributed by atoms with E-state index in [-0.39, 0.29) is 5.56 Å². The Bertz CT molecular complexity index is 1310. The number of nitrogens with one attached hydrogen (secondary N) is 1. The average Bonchev–Trinajstić information content (AvgIpc) is 3.09. The lowest BCUT2D eigenvalue weighted by Crippen LogP contribution is -2.09. The molecule has 0 radical (unpaired) electrons. The molecule has 2 aromatic carbocycles. The molecule has 6 nitrogen and oxygen atoms in total. The molecule has 7 heteroatoms. The smallest absolute Gasteiger partial charge is 0.260 e. The lowest BCUT2D eigenvalue weighted by molar-refractivity contribution is 0.355. The van der Waals surface area contributed by atoms with Crippen LogP contribution >= 0.6 is 11.3 Å². The van der Waals surface area contributed by atoms with Crippen LogP contribution in [-0.4, -0.2) is 31.3 Å². The summed E-state index contributed by atoms with van der Waals surface area (Å²) in [4.78, 5) is 22.5. The van der Waals surface area contributed by atoms with Crippen LogP contribution in [0.15, 0.2) is 41.2 Å². The van der Waals surface area contributed by atoms with Crippen LogP contribution in [0.3, 0.4) is 0 Å². The zero-order chi connectivity index (χ0) is 21.4. The molecule has 0 aliphatic carbocycles. The van der Waals surface area contributed by atoms with Gasteiger partial charge >= 0.3 is 0 Å². The van der Waals surface area contributed by atoms with E-state index in [4.69, 9.17) is 19.2 Å². The van der Waals surface area contributed by atoms with Crippen molar-refractivity contribution in [3.8, 4) is 39.8 Å². The van der Waals surface area contributed by atoms with Gasteiger partial charge in [0, 0.05) is 21.6 Å². The molecular formula is C23H22N2O4S. The zero-order valence-electron chi connectivity index (χ0n) is 17.5. The van der Waals surface area contributed by atoms with E-state index < -0.39 is 0 Å². The summed E-state index contributed by atoms with van der Waals surface area (Å²) in [6.07, 6.45) is 0. The van der Waals surface area contributed by atoms with Gasteiger partial charge in [-0.05, 0) is 44.2 Å². The molecule has 0 atom stereocenters. The van der Waals surface area contributed by atoms with Gasteiger partial charge in [0.25, 0.3) is 5.56 Å².